The van der Waals surface area contributed by atoms with Crippen molar-refractivity contribution in [3.63, 3.8) is 0 Å². The monoisotopic (exact) mass is 196 g/mol. The van der Waals surface area contributed by atoms with Gasteiger partial charge in [-0.15, -0.1) is 0 Å². The fourth-order valence-electron chi connectivity index (χ4n) is 2.27. The maximum absolute atomic E-state index is 4.32. The molecule has 0 aromatic rings. The standard InChI is InChI=1S/C10H20N4/c1-2-14-7-3-4-9(14)8-13-10-11-5-6-12-10/h9H,2-8H2,1H3,(H2,11,12,13). The van der Waals surface area contributed by atoms with Crippen molar-refractivity contribution in [3.8, 4) is 0 Å². The number of hydrogen-bond acceptors (Lipinski definition) is 4. The van der Waals surface area contributed by atoms with E-state index in [0.29, 0.717) is 6.04 Å². The summed E-state index contributed by atoms with van der Waals surface area (Å²) in [7, 11) is 0. The van der Waals surface area contributed by atoms with Crippen LogP contribution < -0.4 is 10.6 Å². The van der Waals surface area contributed by atoms with Gasteiger partial charge in [-0.05, 0) is 25.9 Å². The minimum Gasteiger partial charge on any atom is -0.355 e. The average molecular weight is 196 g/mol. The van der Waals surface area contributed by atoms with E-state index in [2.05, 4.69) is 27.4 Å². The zero-order valence-corrected chi connectivity index (χ0v) is 8.92. The Hall–Kier alpha value is -0.770. The lowest BCUT2D eigenvalue weighted by atomic mass is 10.2. The highest BCUT2D eigenvalue weighted by atomic mass is 15.2. The fourth-order valence-corrected chi connectivity index (χ4v) is 2.27. The first-order valence-corrected chi connectivity index (χ1v) is 5.66. The molecular formula is C10H20N4. The molecule has 2 aliphatic heterocycles. The highest BCUT2D eigenvalue weighted by Crippen LogP contribution is 2.15. The summed E-state index contributed by atoms with van der Waals surface area (Å²) in [5, 5.41) is 6.62. The molecule has 0 saturated carbocycles. The fraction of sp³-hybridized carbons (Fsp3) is 0.900. The maximum Gasteiger partial charge on any atom is 0.191 e. The highest BCUT2D eigenvalue weighted by molar-refractivity contribution is 5.81. The predicted molar refractivity (Wildman–Crippen MR) is 58.6 cm³/mol. The molecule has 1 unspecified atom stereocenters. The second-order valence-corrected chi connectivity index (χ2v) is 3.96. The summed E-state index contributed by atoms with van der Waals surface area (Å²) in [4.78, 5) is 6.87. The molecule has 4 nitrogen and oxygen atoms in total. The molecular weight excluding hydrogens is 176 g/mol. The van der Waals surface area contributed by atoms with E-state index in [4.69, 9.17) is 0 Å². The van der Waals surface area contributed by atoms with Crippen LogP contribution in [-0.4, -0.2) is 49.6 Å². The minimum atomic E-state index is 0.713. The summed E-state index contributed by atoms with van der Waals surface area (Å²) in [5.74, 6) is 0.993. The molecule has 2 heterocycles. The Labute approximate surface area is 85.8 Å². The van der Waals surface area contributed by atoms with E-state index in [9.17, 15) is 0 Å². The van der Waals surface area contributed by atoms with E-state index in [1.165, 1.54) is 25.9 Å². The van der Waals surface area contributed by atoms with Crippen LogP contribution in [0.1, 0.15) is 19.8 Å². The highest BCUT2D eigenvalue weighted by Gasteiger charge is 2.22. The first-order chi connectivity index (χ1) is 6.90. The Balaban J connectivity index is 1.74. The third-order valence-electron chi connectivity index (χ3n) is 3.08. The van der Waals surface area contributed by atoms with Crippen LogP contribution in [0.15, 0.2) is 4.99 Å². The third kappa shape index (κ3) is 2.18. The van der Waals surface area contributed by atoms with Gasteiger partial charge in [0.25, 0.3) is 0 Å². The molecule has 14 heavy (non-hydrogen) atoms. The summed E-state index contributed by atoms with van der Waals surface area (Å²) >= 11 is 0. The SMILES string of the molecule is CCN1CCCC1CNC1=NCCN1. The van der Waals surface area contributed by atoms with Crippen LogP contribution in [0.4, 0.5) is 0 Å². The quantitative estimate of drug-likeness (QED) is 0.668. The molecule has 0 spiro atoms. The topological polar surface area (TPSA) is 39.7 Å². The van der Waals surface area contributed by atoms with Gasteiger partial charge >= 0.3 is 0 Å². The van der Waals surface area contributed by atoms with Crippen molar-refractivity contribution in [2.75, 3.05) is 32.7 Å². The molecule has 0 bridgehead atoms. The molecule has 80 valence electrons. The van der Waals surface area contributed by atoms with Crippen molar-refractivity contribution in [2.24, 2.45) is 4.99 Å². The maximum atomic E-state index is 4.32. The smallest absolute Gasteiger partial charge is 0.191 e. The molecule has 4 heteroatoms. The van der Waals surface area contributed by atoms with Gasteiger partial charge in [0.2, 0.25) is 0 Å². The van der Waals surface area contributed by atoms with Crippen LogP contribution in [0.25, 0.3) is 0 Å². The molecule has 0 amide bonds. The van der Waals surface area contributed by atoms with Gasteiger partial charge in [-0.1, -0.05) is 6.92 Å². The Kier molecular flexibility index (Phi) is 3.24. The summed E-state index contributed by atoms with van der Waals surface area (Å²) in [6.07, 6.45) is 2.67. The lowest BCUT2D eigenvalue weighted by Crippen LogP contribution is -2.43. The van der Waals surface area contributed by atoms with Crippen LogP contribution in [-0.2, 0) is 0 Å². The van der Waals surface area contributed by atoms with E-state index in [1.54, 1.807) is 0 Å². The van der Waals surface area contributed by atoms with E-state index in [1.807, 2.05) is 0 Å². The minimum absolute atomic E-state index is 0.713. The third-order valence-corrected chi connectivity index (χ3v) is 3.08. The second-order valence-electron chi connectivity index (χ2n) is 3.96. The molecule has 0 aromatic carbocycles. The Morgan fingerprint density at radius 3 is 3.29 bits per heavy atom. The molecule has 2 aliphatic rings. The van der Waals surface area contributed by atoms with Gasteiger partial charge < -0.3 is 10.6 Å². The molecule has 1 saturated heterocycles. The van der Waals surface area contributed by atoms with Gasteiger partial charge in [-0.2, -0.15) is 0 Å². The van der Waals surface area contributed by atoms with Crippen molar-refractivity contribution < 1.29 is 0 Å². The zero-order valence-electron chi connectivity index (χ0n) is 8.92. The van der Waals surface area contributed by atoms with Crippen LogP contribution >= 0.6 is 0 Å². The number of aliphatic imine (C=N–C) groups is 1. The lowest BCUT2D eigenvalue weighted by Gasteiger charge is -2.23. The summed E-state index contributed by atoms with van der Waals surface area (Å²) in [6, 6.07) is 0.713. The normalized spacial score (nSPS) is 27.5. The number of guanidine groups is 1. The predicted octanol–water partition coefficient (Wildman–Crippen LogP) is 0.0195. The molecule has 0 aromatic heterocycles. The molecule has 2 rings (SSSR count). The van der Waals surface area contributed by atoms with E-state index < -0.39 is 0 Å². The summed E-state index contributed by atoms with van der Waals surface area (Å²) in [6.45, 7) is 7.63. The van der Waals surface area contributed by atoms with Crippen molar-refractivity contribution in [3.05, 3.63) is 0 Å². The number of rotatable bonds is 3. The van der Waals surface area contributed by atoms with E-state index in [0.717, 1.165) is 25.6 Å². The first kappa shape index (κ1) is 9.77. The van der Waals surface area contributed by atoms with Crippen LogP contribution in [0, 0.1) is 0 Å². The number of nitrogens with zero attached hydrogens (tertiary/aromatic N) is 2. The molecule has 0 radical (unpaired) electrons. The molecule has 1 fully saturated rings. The largest absolute Gasteiger partial charge is 0.355 e. The van der Waals surface area contributed by atoms with Crippen LogP contribution in [0.3, 0.4) is 0 Å². The Morgan fingerprint density at radius 1 is 1.64 bits per heavy atom. The Bertz CT molecular complexity index is 214. The summed E-state index contributed by atoms with van der Waals surface area (Å²) < 4.78 is 0. The number of hydrogen-bond donors (Lipinski definition) is 2. The van der Waals surface area contributed by atoms with Gasteiger partial charge in [0.15, 0.2) is 5.96 Å². The number of likely N-dealkylation sites (tertiary alicyclic amines) is 1. The van der Waals surface area contributed by atoms with Gasteiger partial charge in [-0.25, -0.2) is 0 Å². The molecule has 2 N–H and O–H groups in total. The second kappa shape index (κ2) is 4.64. The lowest BCUT2D eigenvalue weighted by molar-refractivity contribution is 0.267. The van der Waals surface area contributed by atoms with Gasteiger partial charge in [-0.3, -0.25) is 9.89 Å². The van der Waals surface area contributed by atoms with Crippen LogP contribution in [0.5, 0.6) is 0 Å². The molecule has 0 aliphatic carbocycles. The zero-order chi connectivity index (χ0) is 9.80. The van der Waals surface area contributed by atoms with E-state index >= 15 is 0 Å². The Morgan fingerprint density at radius 2 is 2.57 bits per heavy atom. The van der Waals surface area contributed by atoms with Crippen molar-refractivity contribution in [1.29, 1.82) is 0 Å². The van der Waals surface area contributed by atoms with E-state index in [-0.39, 0.29) is 0 Å². The first-order valence-electron chi connectivity index (χ1n) is 5.66. The van der Waals surface area contributed by atoms with Crippen LogP contribution in [0.2, 0.25) is 0 Å². The van der Waals surface area contributed by atoms with Gasteiger partial charge in [0.05, 0.1) is 6.54 Å². The van der Waals surface area contributed by atoms with Crippen molar-refractivity contribution in [2.45, 2.75) is 25.8 Å². The van der Waals surface area contributed by atoms with Crippen molar-refractivity contribution >= 4 is 5.96 Å². The van der Waals surface area contributed by atoms with Gasteiger partial charge in [0, 0.05) is 19.1 Å². The van der Waals surface area contributed by atoms with Gasteiger partial charge in [0.1, 0.15) is 0 Å². The molecule has 1 atom stereocenters. The average Bonchev–Trinajstić information content (AvgIpc) is 2.85. The summed E-state index contributed by atoms with van der Waals surface area (Å²) in [5.41, 5.74) is 0. The number of likely N-dealkylation sites (N-methyl/N-ethyl adjacent to an activating group) is 1. The number of nitrogens with one attached hydrogen (secondary N) is 2. The van der Waals surface area contributed by atoms with Crippen molar-refractivity contribution in [1.82, 2.24) is 15.5 Å².